The number of nitrogens with zero attached hydrogens (tertiary/aromatic N) is 2. The quantitative estimate of drug-likeness (QED) is 0.655. The number of piperazine rings is 1. The SMILES string of the molecule is O=C(NCCCN1CCNCC1)N1CCOCC1. The number of hydrogen-bond donors (Lipinski definition) is 2. The molecular weight excluding hydrogens is 232 g/mol. The highest BCUT2D eigenvalue weighted by molar-refractivity contribution is 5.74. The minimum atomic E-state index is 0.0543. The van der Waals surface area contributed by atoms with Gasteiger partial charge in [-0.1, -0.05) is 0 Å². The van der Waals surface area contributed by atoms with Gasteiger partial charge in [0.05, 0.1) is 13.2 Å². The molecule has 0 bridgehead atoms. The number of hydrogen-bond acceptors (Lipinski definition) is 4. The molecule has 0 radical (unpaired) electrons. The van der Waals surface area contributed by atoms with E-state index in [0.717, 1.165) is 45.7 Å². The van der Waals surface area contributed by atoms with E-state index < -0.39 is 0 Å². The lowest BCUT2D eigenvalue weighted by Crippen LogP contribution is -2.47. The van der Waals surface area contributed by atoms with E-state index in [0.29, 0.717) is 26.3 Å². The lowest BCUT2D eigenvalue weighted by atomic mass is 10.3. The molecule has 2 rings (SSSR count). The summed E-state index contributed by atoms with van der Waals surface area (Å²) in [7, 11) is 0. The maximum Gasteiger partial charge on any atom is 0.317 e. The first-order chi connectivity index (χ1) is 8.86. The predicted molar refractivity (Wildman–Crippen MR) is 69.7 cm³/mol. The van der Waals surface area contributed by atoms with Gasteiger partial charge in [-0.15, -0.1) is 0 Å². The van der Waals surface area contributed by atoms with E-state index >= 15 is 0 Å². The predicted octanol–water partition coefficient (Wildman–Crippen LogP) is -0.676. The summed E-state index contributed by atoms with van der Waals surface area (Å²) in [5.74, 6) is 0. The Bertz CT molecular complexity index is 250. The van der Waals surface area contributed by atoms with E-state index in [1.807, 2.05) is 4.90 Å². The number of nitrogens with one attached hydrogen (secondary N) is 2. The molecule has 6 heteroatoms. The van der Waals surface area contributed by atoms with Crippen LogP contribution >= 0.6 is 0 Å². The molecule has 0 aromatic rings. The summed E-state index contributed by atoms with van der Waals surface area (Å²) < 4.78 is 5.22. The first kappa shape index (κ1) is 13.6. The molecule has 6 nitrogen and oxygen atoms in total. The summed E-state index contributed by atoms with van der Waals surface area (Å²) in [6, 6.07) is 0.0543. The lowest BCUT2D eigenvalue weighted by Gasteiger charge is -2.28. The van der Waals surface area contributed by atoms with Crippen LogP contribution in [0.4, 0.5) is 4.79 Å². The van der Waals surface area contributed by atoms with Gasteiger partial charge in [-0.05, 0) is 13.0 Å². The van der Waals surface area contributed by atoms with Crippen LogP contribution in [0.5, 0.6) is 0 Å². The average Bonchev–Trinajstić information content (AvgIpc) is 2.45. The largest absolute Gasteiger partial charge is 0.378 e. The van der Waals surface area contributed by atoms with E-state index in [9.17, 15) is 4.79 Å². The molecule has 0 aliphatic carbocycles. The molecule has 2 aliphatic rings. The monoisotopic (exact) mass is 256 g/mol. The Kier molecular flexibility index (Phi) is 5.70. The van der Waals surface area contributed by atoms with E-state index in [4.69, 9.17) is 4.74 Å². The van der Waals surface area contributed by atoms with Crippen LogP contribution in [0.15, 0.2) is 0 Å². The highest BCUT2D eigenvalue weighted by Crippen LogP contribution is 1.97. The summed E-state index contributed by atoms with van der Waals surface area (Å²) >= 11 is 0. The molecule has 0 saturated carbocycles. The zero-order valence-electron chi connectivity index (χ0n) is 11.0. The van der Waals surface area contributed by atoms with Crippen molar-refractivity contribution in [1.82, 2.24) is 20.4 Å². The number of urea groups is 1. The van der Waals surface area contributed by atoms with E-state index in [1.165, 1.54) is 0 Å². The Morgan fingerprint density at radius 2 is 1.89 bits per heavy atom. The third kappa shape index (κ3) is 4.44. The maximum atomic E-state index is 11.8. The first-order valence-electron chi connectivity index (χ1n) is 6.90. The van der Waals surface area contributed by atoms with Gasteiger partial charge < -0.3 is 25.2 Å². The molecule has 2 amide bonds. The second-order valence-corrected chi connectivity index (χ2v) is 4.78. The van der Waals surface area contributed by atoms with Crippen LogP contribution in [-0.2, 0) is 4.74 Å². The number of amides is 2. The van der Waals surface area contributed by atoms with Crippen molar-refractivity contribution in [3.05, 3.63) is 0 Å². The molecule has 18 heavy (non-hydrogen) atoms. The van der Waals surface area contributed by atoms with Gasteiger partial charge in [0.25, 0.3) is 0 Å². The molecule has 0 unspecified atom stereocenters. The number of rotatable bonds is 4. The van der Waals surface area contributed by atoms with Crippen LogP contribution in [0.2, 0.25) is 0 Å². The normalized spacial score (nSPS) is 21.9. The highest BCUT2D eigenvalue weighted by atomic mass is 16.5. The van der Waals surface area contributed by atoms with E-state index in [-0.39, 0.29) is 6.03 Å². The van der Waals surface area contributed by atoms with Crippen LogP contribution in [0.25, 0.3) is 0 Å². The molecule has 2 aliphatic heterocycles. The molecule has 104 valence electrons. The fourth-order valence-corrected chi connectivity index (χ4v) is 2.31. The van der Waals surface area contributed by atoms with Gasteiger partial charge in [-0.25, -0.2) is 4.79 Å². The van der Waals surface area contributed by atoms with Gasteiger partial charge >= 0.3 is 6.03 Å². The standard InChI is InChI=1S/C12H24N4O2/c17-12(16-8-10-18-11-9-16)14-2-1-5-15-6-3-13-4-7-15/h13H,1-11H2,(H,14,17). The van der Waals surface area contributed by atoms with Crippen molar-refractivity contribution in [2.45, 2.75) is 6.42 Å². The zero-order chi connectivity index (χ0) is 12.6. The van der Waals surface area contributed by atoms with Crippen molar-refractivity contribution in [1.29, 1.82) is 0 Å². The van der Waals surface area contributed by atoms with Gasteiger partial charge in [0, 0.05) is 45.8 Å². The smallest absolute Gasteiger partial charge is 0.317 e. The van der Waals surface area contributed by atoms with Crippen molar-refractivity contribution in [2.24, 2.45) is 0 Å². The fraction of sp³-hybridized carbons (Fsp3) is 0.917. The Morgan fingerprint density at radius 3 is 2.61 bits per heavy atom. The summed E-state index contributed by atoms with van der Waals surface area (Å²) in [6.07, 6.45) is 1.02. The van der Waals surface area contributed by atoms with Crippen LogP contribution in [0, 0.1) is 0 Å². The zero-order valence-corrected chi connectivity index (χ0v) is 11.0. The maximum absolute atomic E-state index is 11.8. The van der Waals surface area contributed by atoms with Crippen LogP contribution in [0.1, 0.15) is 6.42 Å². The Hall–Kier alpha value is -0.850. The molecule has 2 fully saturated rings. The fourth-order valence-electron chi connectivity index (χ4n) is 2.31. The second kappa shape index (κ2) is 7.56. The molecule has 0 spiro atoms. The molecule has 2 heterocycles. The second-order valence-electron chi connectivity index (χ2n) is 4.78. The number of carbonyl (C=O) groups is 1. The third-order valence-electron chi connectivity index (χ3n) is 3.44. The Labute approximate surface area is 109 Å². The minimum Gasteiger partial charge on any atom is -0.378 e. The van der Waals surface area contributed by atoms with E-state index in [1.54, 1.807) is 0 Å². The lowest BCUT2D eigenvalue weighted by molar-refractivity contribution is 0.0532. The van der Waals surface area contributed by atoms with Gasteiger partial charge in [0.15, 0.2) is 0 Å². The minimum absolute atomic E-state index is 0.0543. The molecule has 0 atom stereocenters. The van der Waals surface area contributed by atoms with Crippen molar-refractivity contribution in [2.75, 3.05) is 65.6 Å². The molecular formula is C12H24N4O2. The topological polar surface area (TPSA) is 56.8 Å². The van der Waals surface area contributed by atoms with Crippen molar-refractivity contribution < 1.29 is 9.53 Å². The van der Waals surface area contributed by atoms with Crippen LogP contribution in [0.3, 0.4) is 0 Å². The number of ether oxygens (including phenoxy) is 1. The Balaban J connectivity index is 1.52. The van der Waals surface area contributed by atoms with Crippen molar-refractivity contribution >= 4 is 6.03 Å². The summed E-state index contributed by atoms with van der Waals surface area (Å²) in [6.45, 7) is 9.00. The van der Waals surface area contributed by atoms with Gasteiger partial charge in [0.2, 0.25) is 0 Å². The van der Waals surface area contributed by atoms with Gasteiger partial charge in [-0.3, -0.25) is 0 Å². The van der Waals surface area contributed by atoms with Crippen LogP contribution < -0.4 is 10.6 Å². The molecule has 0 aromatic heterocycles. The van der Waals surface area contributed by atoms with Crippen molar-refractivity contribution in [3.8, 4) is 0 Å². The third-order valence-corrected chi connectivity index (χ3v) is 3.44. The van der Waals surface area contributed by atoms with Crippen LogP contribution in [-0.4, -0.2) is 81.4 Å². The molecule has 2 saturated heterocycles. The highest BCUT2D eigenvalue weighted by Gasteiger charge is 2.16. The first-order valence-corrected chi connectivity index (χ1v) is 6.90. The van der Waals surface area contributed by atoms with Crippen molar-refractivity contribution in [3.63, 3.8) is 0 Å². The van der Waals surface area contributed by atoms with Gasteiger partial charge in [-0.2, -0.15) is 0 Å². The molecule has 2 N–H and O–H groups in total. The summed E-state index contributed by atoms with van der Waals surface area (Å²) in [5.41, 5.74) is 0. The number of carbonyl (C=O) groups excluding carboxylic acids is 1. The van der Waals surface area contributed by atoms with Gasteiger partial charge in [0.1, 0.15) is 0 Å². The summed E-state index contributed by atoms with van der Waals surface area (Å²) in [4.78, 5) is 16.1. The van der Waals surface area contributed by atoms with E-state index in [2.05, 4.69) is 15.5 Å². The average molecular weight is 256 g/mol. The molecule has 0 aromatic carbocycles. The number of morpholine rings is 1. The Morgan fingerprint density at radius 1 is 1.17 bits per heavy atom. The summed E-state index contributed by atoms with van der Waals surface area (Å²) in [5, 5.41) is 6.32.